The number of rotatable bonds is 3. The van der Waals surface area contributed by atoms with E-state index in [9.17, 15) is 9.59 Å². The van der Waals surface area contributed by atoms with Gasteiger partial charge in [0.25, 0.3) is 0 Å². The first-order chi connectivity index (χ1) is 13.1. The minimum Gasteiger partial charge on any atom is -0.372 e. The topological polar surface area (TPSA) is 43.9 Å². The average molecular weight is 370 g/mol. The molecule has 1 aromatic carbocycles. The minimum atomic E-state index is -0.187. The van der Waals surface area contributed by atoms with E-state index < -0.39 is 0 Å². The quantitative estimate of drug-likeness (QED) is 0.821. The number of hydrogen-bond acceptors (Lipinski definition) is 3. The molecule has 0 aliphatic carbocycles. The van der Waals surface area contributed by atoms with Crippen LogP contribution in [-0.2, 0) is 9.59 Å². The van der Waals surface area contributed by atoms with Gasteiger partial charge in [-0.25, -0.2) is 0 Å². The minimum absolute atomic E-state index is 0.0736. The molecule has 1 aromatic rings. The fourth-order valence-electron chi connectivity index (χ4n) is 4.61. The van der Waals surface area contributed by atoms with Crippen LogP contribution in [0.1, 0.15) is 45.4 Å². The Hall–Kier alpha value is -2.04. The van der Waals surface area contributed by atoms with Gasteiger partial charge in [-0.05, 0) is 62.3 Å². The summed E-state index contributed by atoms with van der Waals surface area (Å²) in [6.45, 7) is 6.69. The van der Waals surface area contributed by atoms with Crippen molar-refractivity contribution in [2.75, 3.05) is 42.5 Å². The first-order valence-electron chi connectivity index (χ1n) is 10.6. The Morgan fingerprint density at radius 2 is 1.56 bits per heavy atom. The number of amides is 2. The maximum Gasteiger partial charge on any atom is 0.228 e. The first-order valence-corrected chi connectivity index (χ1v) is 10.6. The number of anilines is 2. The first kappa shape index (κ1) is 18.3. The van der Waals surface area contributed by atoms with E-state index in [1.165, 1.54) is 24.9 Å². The lowest BCUT2D eigenvalue weighted by Crippen LogP contribution is -2.42. The third kappa shape index (κ3) is 3.97. The van der Waals surface area contributed by atoms with Crippen LogP contribution in [0.4, 0.5) is 11.4 Å². The standard InChI is InChI=1S/C22H31N3O2/c1-17-9-13-24(14-10-17)22(27)18-15-21(26)25(16-18)20-7-5-19(6-8-20)23-11-3-2-4-12-23/h5-8,17-18H,2-4,9-16H2,1H3. The van der Waals surface area contributed by atoms with Crippen molar-refractivity contribution in [1.29, 1.82) is 0 Å². The number of carbonyl (C=O) groups excluding carboxylic acids is 2. The van der Waals surface area contributed by atoms with Crippen LogP contribution >= 0.6 is 0 Å². The van der Waals surface area contributed by atoms with Gasteiger partial charge in [0.05, 0.1) is 5.92 Å². The highest BCUT2D eigenvalue weighted by molar-refractivity contribution is 6.00. The number of hydrogen-bond donors (Lipinski definition) is 0. The van der Waals surface area contributed by atoms with Gasteiger partial charge < -0.3 is 14.7 Å². The molecule has 3 aliphatic rings. The second-order valence-corrected chi connectivity index (χ2v) is 8.48. The third-order valence-corrected chi connectivity index (χ3v) is 6.45. The van der Waals surface area contributed by atoms with Gasteiger partial charge in [-0.2, -0.15) is 0 Å². The van der Waals surface area contributed by atoms with Gasteiger partial charge in [-0.3, -0.25) is 9.59 Å². The van der Waals surface area contributed by atoms with Gasteiger partial charge in [-0.15, -0.1) is 0 Å². The Morgan fingerprint density at radius 1 is 0.926 bits per heavy atom. The number of nitrogens with zero attached hydrogens (tertiary/aromatic N) is 3. The molecule has 1 atom stereocenters. The van der Waals surface area contributed by atoms with Crippen LogP contribution in [0.2, 0.25) is 0 Å². The zero-order valence-electron chi connectivity index (χ0n) is 16.4. The number of piperidine rings is 2. The molecule has 0 spiro atoms. The van der Waals surface area contributed by atoms with Crippen molar-refractivity contribution in [2.45, 2.75) is 45.4 Å². The molecular weight excluding hydrogens is 338 g/mol. The van der Waals surface area contributed by atoms with E-state index in [1.54, 1.807) is 4.90 Å². The second-order valence-electron chi connectivity index (χ2n) is 8.48. The van der Waals surface area contributed by atoms with Crippen LogP contribution in [0.25, 0.3) is 0 Å². The predicted octanol–water partition coefficient (Wildman–Crippen LogP) is 3.29. The predicted molar refractivity (Wildman–Crippen MR) is 108 cm³/mol. The van der Waals surface area contributed by atoms with E-state index in [2.05, 4.69) is 24.0 Å². The van der Waals surface area contributed by atoms with Crippen molar-refractivity contribution in [2.24, 2.45) is 11.8 Å². The third-order valence-electron chi connectivity index (χ3n) is 6.45. The summed E-state index contributed by atoms with van der Waals surface area (Å²) in [5, 5.41) is 0. The van der Waals surface area contributed by atoms with E-state index in [1.807, 2.05) is 17.0 Å². The van der Waals surface area contributed by atoms with Crippen LogP contribution in [-0.4, -0.2) is 49.4 Å². The summed E-state index contributed by atoms with van der Waals surface area (Å²) in [6, 6.07) is 8.32. The molecule has 0 bridgehead atoms. The monoisotopic (exact) mass is 369 g/mol. The highest BCUT2D eigenvalue weighted by Crippen LogP contribution is 2.30. The molecule has 0 aromatic heterocycles. The molecule has 1 unspecified atom stereocenters. The maximum absolute atomic E-state index is 12.8. The van der Waals surface area contributed by atoms with Gasteiger partial charge in [0.15, 0.2) is 0 Å². The van der Waals surface area contributed by atoms with Gasteiger partial charge in [0, 0.05) is 50.5 Å². The molecule has 3 saturated heterocycles. The van der Waals surface area contributed by atoms with Crippen molar-refractivity contribution in [3.8, 4) is 0 Å². The number of carbonyl (C=O) groups is 2. The van der Waals surface area contributed by atoms with Crippen LogP contribution in [0.3, 0.4) is 0 Å². The lowest BCUT2D eigenvalue weighted by Gasteiger charge is -2.32. The molecule has 5 heteroatoms. The highest BCUT2D eigenvalue weighted by atomic mass is 16.2. The summed E-state index contributed by atoms with van der Waals surface area (Å²) >= 11 is 0. The second kappa shape index (κ2) is 7.91. The largest absolute Gasteiger partial charge is 0.372 e. The zero-order valence-corrected chi connectivity index (χ0v) is 16.4. The zero-order chi connectivity index (χ0) is 18.8. The fourth-order valence-corrected chi connectivity index (χ4v) is 4.61. The summed E-state index contributed by atoms with van der Waals surface area (Å²) in [6.07, 6.45) is 6.33. The highest BCUT2D eigenvalue weighted by Gasteiger charge is 2.37. The number of likely N-dealkylation sites (tertiary alicyclic amines) is 1. The Labute approximate surface area is 162 Å². The summed E-state index contributed by atoms with van der Waals surface area (Å²) < 4.78 is 0. The lowest BCUT2D eigenvalue weighted by molar-refractivity contribution is -0.137. The summed E-state index contributed by atoms with van der Waals surface area (Å²) in [7, 11) is 0. The number of benzene rings is 1. The molecule has 146 valence electrons. The van der Waals surface area contributed by atoms with Crippen LogP contribution < -0.4 is 9.80 Å². The SMILES string of the molecule is CC1CCN(C(=O)C2CC(=O)N(c3ccc(N4CCCCC4)cc3)C2)CC1. The van der Waals surface area contributed by atoms with E-state index in [0.29, 0.717) is 18.9 Å². The molecule has 0 saturated carbocycles. The molecular formula is C22H31N3O2. The molecule has 4 rings (SSSR count). The van der Waals surface area contributed by atoms with Crippen molar-refractivity contribution in [1.82, 2.24) is 4.90 Å². The van der Waals surface area contributed by atoms with Crippen LogP contribution in [0.15, 0.2) is 24.3 Å². The van der Waals surface area contributed by atoms with Gasteiger partial charge >= 0.3 is 0 Å². The Bertz CT molecular complexity index is 673. The van der Waals surface area contributed by atoms with Crippen LogP contribution in [0, 0.1) is 11.8 Å². The van der Waals surface area contributed by atoms with E-state index in [-0.39, 0.29) is 17.7 Å². The van der Waals surface area contributed by atoms with Gasteiger partial charge in [-0.1, -0.05) is 6.92 Å². The molecule has 5 nitrogen and oxygen atoms in total. The Morgan fingerprint density at radius 3 is 2.22 bits per heavy atom. The van der Waals surface area contributed by atoms with Gasteiger partial charge in [0.1, 0.15) is 0 Å². The molecule has 3 aliphatic heterocycles. The van der Waals surface area contributed by atoms with Crippen molar-refractivity contribution in [3.63, 3.8) is 0 Å². The summed E-state index contributed by atoms with van der Waals surface area (Å²) in [4.78, 5) is 31.6. The van der Waals surface area contributed by atoms with Gasteiger partial charge in [0.2, 0.25) is 11.8 Å². The molecule has 0 N–H and O–H groups in total. The van der Waals surface area contributed by atoms with Crippen molar-refractivity contribution in [3.05, 3.63) is 24.3 Å². The normalized spacial score (nSPS) is 24.6. The fraction of sp³-hybridized carbons (Fsp3) is 0.636. The molecule has 2 amide bonds. The van der Waals surface area contributed by atoms with E-state index >= 15 is 0 Å². The molecule has 3 heterocycles. The Kier molecular flexibility index (Phi) is 5.37. The van der Waals surface area contributed by atoms with Crippen LogP contribution in [0.5, 0.6) is 0 Å². The average Bonchev–Trinajstić information content (AvgIpc) is 3.10. The molecule has 0 radical (unpaired) electrons. The molecule has 3 fully saturated rings. The van der Waals surface area contributed by atoms with Crippen molar-refractivity contribution >= 4 is 23.2 Å². The lowest BCUT2D eigenvalue weighted by atomic mass is 9.97. The smallest absolute Gasteiger partial charge is 0.228 e. The van der Waals surface area contributed by atoms with Crippen molar-refractivity contribution < 1.29 is 9.59 Å². The van der Waals surface area contributed by atoms with E-state index in [0.717, 1.165) is 44.7 Å². The molecule has 27 heavy (non-hydrogen) atoms. The Balaban J connectivity index is 1.39. The van der Waals surface area contributed by atoms with E-state index in [4.69, 9.17) is 0 Å². The maximum atomic E-state index is 12.8. The summed E-state index contributed by atoms with van der Waals surface area (Å²) in [5.74, 6) is 0.758. The summed E-state index contributed by atoms with van der Waals surface area (Å²) in [5.41, 5.74) is 2.16.